The first-order chi connectivity index (χ1) is 6.29. The second-order valence-corrected chi connectivity index (χ2v) is 5.41. The molecule has 2 bridgehead atoms. The minimum Gasteiger partial charge on any atom is -0.396 e. The van der Waals surface area contributed by atoms with Crippen molar-refractivity contribution in [2.75, 3.05) is 6.61 Å². The summed E-state index contributed by atoms with van der Waals surface area (Å²) in [5.41, 5.74) is 6.10. The van der Waals surface area contributed by atoms with E-state index in [1.807, 2.05) is 0 Å². The van der Waals surface area contributed by atoms with Crippen LogP contribution >= 0.6 is 0 Å². The Hall–Kier alpha value is -0.0800. The highest BCUT2D eigenvalue weighted by Gasteiger charge is 2.54. The summed E-state index contributed by atoms with van der Waals surface area (Å²) in [5, 5.41) is 9.15. The molecule has 13 heavy (non-hydrogen) atoms. The molecule has 0 amide bonds. The van der Waals surface area contributed by atoms with Crippen LogP contribution in [0.25, 0.3) is 0 Å². The fourth-order valence-electron chi connectivity index (χ4n) is 4.39. The molecular weight excluding hydrogens is 162 g/mol. The summed E-state index contributed by atoms with van der Waals surface area (Å²) in [6, 6.07) is 0.490. The molecule has 3 fully saturated rings. The summed E-state index contributed by atoms with van der Waals surface area (Å²) in [4.78, 5) is 0. The predicted octanol–water partition coefficient (Wildman–Crippen LogP) is 0.988. The second-order valence-electron chi connectivity index (χ2n) is 5.41. The Balaban J connectivity index is 1.79. The van der Waals surface area contributed by atoms with E-state index in [0.717, 1.165) is 23.7 Å². The zero-order valence-corrected chi connectivity index (χ0v) is 8.02. The predicted molar refractivity (Wildman–Crippen MR) is 51.0 cm³/mol. The van der Waals surface area contributed by atoms with Crippen LogP contribution in [0, 0.1) is 29.6 Å². The van der Waals surface area contributed by atoms with Gasteiger partial charge >= 0.3 is 0 Å². The second kappa shape index (κ2) is 2.71. The largest absolute Gasteiger partial charge is 0.396 e. The lowest BCUT2D eigenvalue weighted by Crippen LogP contribution is -2.34. The standard InChI is InChI=1S/C11H19NO/c12-11-4-7-3-10(11)9-2-6(5-13)1-8(7)9/h6-11,13H,1-5,12H2. The maximum absolute atomic E-state index is 9.15. The Morgan fingerprint density at radius 2 is 1.77 bits per heavy atom. The summed E-state index contributed by atoms with van der Waals surface area (Å²) < 4.78 is 0. The molecule has 0 spiro atoms. The Morgan fingerprint density at radius 3 is 2.54 bits per heavy atom. The third-order valence-electron chi connectivity index (χ3n) is 4.87. The molecule has 0 radical (unpaired) electrons. The average Bonchev–Trinajstić information content (AvgIpc) is 2.71. The molecule has 2 nitrogen and oxygen atoms in total. The highest BCUT2D eigenvalue weighted by atomic mass is 16.3. The number of aliphatic hydroxyl groups excluding tert-OH is 1. The van der Waals surface area contributed by atoms with E-state index in [4.69, 9.17) is 10.8 Å². The van der Waals surface area contributed by atoms with Gasteiger partial charge in [-0.15, -0.1) is 0 Å². The molecular formula is C11H19NO. The van der Waals surface area contributed by atoms with Gasteiger partial charge in [0.25, 0.3) is 0 Å². The minimum atomic E-state index is 0.404. The van der Waals surface area contributed by atoms with Crippen molar-refractivity contribution in [3.63, 3.8) is 0 Å². The van der Waals surface area contributed by atoms with Gasteiger partial charge in [-0.1, -0.05) is 0 Å². The molecule has 3 aliphatic carbocycles. The summed E-state index contributed by atoms with van der Waals surface area (Å²) in [6.45, 7) is 0.404. The van der Waals surface area contributed by atoms with Crippen LogP contribution in [0.15, 0.2) is 0 Å². The van der Waals surface area contributed by atoms with E-state index in [1.54, 1.807) is 0 Å². The van der Waals surface area contributed by atoms with Crippen LogP contribution in [0.3, 0.4) is 0 Å². The van der Waals surface area contributed by atoms with E-state index >= 15 is 0 Å². The van der Waals surface area contributed by atoms with Gasteiger partial charge in [0.1, 0.15) is 0 Å². The molecule has 3 aliphatic rings. The molecule has 6 unspecified atom stereocenters. The minimum absolute atomic E-state index is 0.404. The lowest BCUT2D eigenvalue weighted by Gasteiger charge is -2.28. The molecule has 0 heterocycles. The van der Waals surface area contributed by atoms with Crippen molar-refractivity contribution in [1.29, 1.82) is 0 Å². The maximum atomic E-state index is 9.15. The van der Waals surface area contributed by atoms with Crippen molar-refractivity contribution in [2.45, 2.75) is 31.7 Å². The number of hydrogen-bond acceptors (Lipinski definition) is 2. The quantitative estimate of drug-likeness (QED) is 0.633. The van der Waals surface area contributed by atoms with Gasteiger partial charge in [0.05, 0.1) is 0 Å². The summed E-state index contributed by atoms with van der Waals surface area (Å²) in [5.74, 6) is 4.14. The highest BCUT2D eigenvalue weighted by Crippen LogP contribution is 2.59. The SMILES string of the molecule is NC1CC2CC1C1CC(CO)CC21. The zero-order chi connectivity index (χ0) is 9.00. The molecule has 3 rings (SSSR count). The van der Waals surface area contributed by atoms with Crippen molar-refractivity contribution in [3.8, 4) is 0 Å². The Morgan fingerprint density at radius 1 is 1.00 bits per heavy atom. The smallest absolute Gasteiger partial charge is 0.0459 e. The van der Waals surface area contributed by atoms with Crippen LogP contribution in [-0.2, 0) is 0 Å². The van der Waals surface area contributed by atoms with Crippen molar-refractivity contribution >= 4 is 0 Å². The van der Waals surface area contributed by atoms with Gasteiger partial charge in [0, 0.05) is 12.6 Å². The van der Waals surface area contributed by atoms with E-state index < -0.39 is 0 Å². The monoisotopic (exact) mass is 181 g/mol. The van der Waals surface area contributed by atoms with Crippen LogP contribution in [0.4, 0.5) is 0 Å². The zero-order valence-electron chi connectivity index (χ0n) is 8.02. The van der Waals surface area contributed by atoms with Gasteiger partial charge in [-0.25, -0.2) is 0 Å². The summed E-state index contributed by atoms with van der Waals surface area (Å²) in [7, 11) is 0. The lowest BCUT2D eigenvalue weighted by atomic mass is 9.79. The number of fused-ring (bicyclic) bond motifs is 5. The van der Waals surface area contributed by atoms with Crippen molar-refractivity contribution in [3.05, 3.63) is 0 Å². The molecule has 0 aliphatic heterocycles. The first-order valence-electron chi connectivity index (χ1n) is 5.66. The third-order valence-corrected chi connectivity index (χ3v) is 4.87. The van der Waals surface area contributed by atoms with Crippen LogP contribution in [0.5, 0.6) is 0 Å². The molecule has 74 valence electrons. The Labute approximate surface area is 79.5 Å². The Bertz CT molecular complexity index is 218. The molecule has 0 aromatic heterocycles. The maximum Gasteiger partial charge on any atom is 0.0459 e. The molecule has 0 aromatic rings. The van der Waals surface area contributed by atoms with Crippen LogP contribution in [-0.4, -0.2) is 17.8 Å². The summed E-state index contributed by atoms with van der Waals surface area (Å²) in [6.07, 6.45) is 5.21. The van der Waals surface area contributed by atoms with E-state index in [-0.39, 0.29) is 0 Å². The van der Waals surface area contributed by atoms with Gasteiger partial charge in [-0.2, -0.15) is 0 Å². The van der Waals surface area contributed by atoms with E-state index in [0.29, 0.717) is 18.6 Å². The van der Waals surface area contributed by atoms with E-state index in [1.165, 1.54) is 25.7 Å². The summed E-state index contributed by atoms with van der Waals surface area (Å²) >= 11 is 0. The average molecular weight is 181 g/mol. The highest BCUT2D eigenvalue weighted by molar-refractivity contribution is 5.05. The van der Waals surface area contributed by atoms with Crippen LogP contribution in [0.1, 0.15) is 25.7 Å². The molecule has 0 saturated heterocycles. The van der Waals surface area contributed by atoms with Crippen LogP contribution < -0.4 is 5.73 Å². The van der Waals surface area contributed by atoms with Gasteiger partial charge in [0.15, 0.2) is 0 Å². The Kier molecular flexibility index (Phi) is 1.72. The van der Waals surface area contributed by atoms with Gasteiger partial charge < -0.3 is 10.8 Å². The topological polar surface area (TPSA) is 46.2 Å². The molecule has 3 saturated carbocycles. The van der Waals surface area contributed by atoms with Crippen molar-refractivity contribution in [2.24, 2.45) is 35.3 Å². The number of nitrogens with two attached hydrogens (primary N) is 1. The first kappa shape index (κ1) is 8.25. The lowest BCUT2D eigenvalue weighted by molar-refractivity contribution is 0.218. The fraction of sp³-hybridized carbons (Fsp3) is 1.00. The fourth-order valence-corrected chi connectivity index (χ4v) is 4.39. The third kappa shape index (κ3) is 1.02. The van der Waals surface area contributed by atoms with Crippen molar-refractivity contribution in [1.82, 2.24) is 0 Å². The van der Waals surface area contributed by atoms with Crippen LogP contribution in [0.2, 0.25) is 0 Å². The normalized spacial score (nSPS) is 58.6. The molecule has 3 N–H and O–H groups in total. The molecule has 6 atom stereocenters. The molecule has 0 aromatic carbocycles. The van der Waals surface area contributed by atoms with Crippen molar-refractivity contribution < 1.29 is 5.11 Å². The van der Waals surface area contributed by atoms with E-state index in [9.17, 15) is 0 Å². The number of rotatable bonds is 1. The number of hydrogen-bond donors (Lipinski definition) is 2. The van der Waals surface area contributed by atoms with E-state index in [2.05, 4.69) is 0 Å². The number of aliphatic hydroxyl groups is 1. The first-order valence-corrected chi connectivity index (χ1v) is 5.66. The van der Waals surface area contributed by atoms with Gasteiger partial charge in [-0.05, 0) is 55.3 Å². The van der Waals surface area contributed by atoms with Gasteiger partial charge in [0.2, 0.25) is 0 Å². The van der Waals surface area contributed by atoms with Gasteiger partial charge in [-0.3, -0.25) is 0 Å². The molecule has 2 heteroatoms.